The summed E-state index contributed by atoms with van der Waals surface area (Å²) in [5.74, 6) is 0.867. The number of methoxy groups -OCH3 is 1. The minimum atomic E-state index is 0.357. The number of hydrogen-bond acceptors (Lipinski definition) is 4. The van der Waals surface area contributed by atoms with Crippen LogP contribution >= 0.6 is 0 Å². The number of nitrogens with zero attached hydrogens (tertiary/aromatic N) is 1. The van der Waals surface area contributed by atoms with E-state index in [9.17, 15) is 0 Å². The molecule has 1 heterocycles. The Morgan fingerprint density at radius 1 is 1.36 bits per heavy atom. The molecule has 0 spiro atoms. The number of nitrogens with two attached hydrogens (primary N) is 1. The highest BCUT2D eigenvalue weighted by Gasteiger charge is 2.11. The Labute approximate surface area is 133 Å². The van der Waals surface area contributed by atoms with Gasteiger partial charge in [0.25, 0.3) is 0 Å². The van der Waals surface area contributed by atoms with E-state index in [1.807, 2.05) is 12.3 Å². The Hall–Kier alpha value is -1.81. The molecule has 0 aliphatic carbocycles. The number of rotatable bonds is 8. The molecule has 0 aliphatic heterocycles. The van der Waals surface area contributed by atoms with Crippen molar-refractivity contribution < 1.29 is 4.74 Å². The molecule has 0 radical (unpaired) electrons. The van der Waals surface area contributed by atoms with Crippen LogP contribution in [0, 0.1) is 0 Å². The van der Waals surface area contributed by atoms with E-state index in [1.165, 1.54) is 10.9 Å². The molecule has 120 valence electrons. The lowest BCUT2D eigenvalue weighted by Gasteiger charge is -2.18. The third-order valence-corrected chi connectivity index (χ3v) is 3.91. The number of benzene rings is 1. The molecule has 1 unspecified atom stereocenters. The van der Waals surface area contributed by atoms with E-state index >= 15 is 0 Å². The van der Waals surface area contributed by atoms with Gasteiger partial charge in [0, 0.05) is 23.7 Å². The summed E-state index contributed by atoms with van der Waals surface area (Å²) in [6.45, 7) is 5.10. The number of aromatic nitrogens is 1. The van der Waals surface area contributed by atoms with Crippen LogP contribution in [0.25, 0.3) is 10.9 Å². The standard InChI is InChI=1S/C18H27N3O/c1-4-6-14-8-10-20-18-16(14)11-15(22-3)12-17(18)21-13(2)7-5-9-19/h8,10-13,21H,4-7,9,19H2,1-3H3. The second kappa shape index (κ2) is 7.99. The molecule has 0 aliphatic rings. The van der Waals surface area contributed by atoms with E-state index in [2.05, 4.69) is 36.3 Å². The van der Waals surface area contributed by atoms with Crippen molar-refractivity contribution in [2.75, 3.05) is 19.0 Å². The fraction of sp³-hybridized carbons (Fsp3) is 0.500. The molecule has 4 heteroatoms. The van der Waals surface area contributed by atoms with Crippen LogP contribution in [0.5, 0.6) is 5.75 Å². The van der Waals surface area contributed by atoms with Gasteiger partial charge < -0.3 is 15.8 Å². The summed E-state index contributed by atoms with van der Waals surface area (Å²) in [5.41, 5.74) is 8.98. The highest BCUT2D eigenvalue weighted by atomic mass is 16.5. The van der Waals surface area contributed by atoms with E-state index < -0.39 is 0 Å². The lowest BCUT2D eigenvalue weighted by molar-refractivity contribution is 0.415. The van der Waals surface area contributed by atoms with Crippen LogP contribution in [-0.2, 0) is 6.42 Å². The Morgan fingerprint density at radius 2 is 2.18 bits per heavy atom. The lowest BCUT2D eigenvalue weighted by Crippen LogP contribution is -2.17. The molecular weight excluding hydrogens is 274 g/mol. The van der Waals surface area contributed by atoms with Gasteiger partial charge in [-0.3, -0.25) is 4.98 Å². The van der Waals surface area contributed by atoms with Crippen molar-refractivity contribution in [2.45, 2.75) is 45.6 Å². The summed E-state index contributed by atoms with van der Waals surface area (Å²) in [6.07, 6.45) is 6.13. The van der Waals surface area contributed by atoms with Gasteiger partial charge in [-0.25, -0.2) is 0 Å². The maximum Gasteiger partial charge on any atom is 0.121 e. The first-order chi connectivity index (χ1) is 10.7. The van der Waals surface area contributed by atoms with Gasteiger partial charge in [0.1, 0.15) is 5.75 Å². The van der Waals surface area contributed by atoms with Gasteiger partial charge in [0.15, 0.2) is 0 Å². The zero-order valence-corrected chi connectivity index (χ0v) is 13.9. The van der Waals surface area contributed by atoms with Crippen LogP contribution in [0.3, 0.4) is 0 Å². The number of fused-ring (bicyclic) bond motifs is 1. The van der Waals surface area contributed by atoms with Gasteiger partial charge in [-0.15, -0.1) is 0 Å². The number of hydrogen-bond donors (Lipinski definition) is 2. The summed E-state index contributed by atoms with van der Waals surface area (Å²) < 4.78 is 5.47. The zero-order chi connectivity index (χ0) is 15.9. The SMILES string of the molecule is CCCc1ccnc2c(NC(C)CCCN)cc(OC)cc12. The predicted molar refractivity (Wildman–Crippen MR) is 93.7 cm³/mol. The molecule has 0 saturated heterocycles. The Kier molecular flexibility index (Phi) is 6.01. The van der Waals surface area contributed by atoms with Crippen molar-refractivity contribution in [3.63, 3.8) is 0 Å². The minimum Gasteiger partial charge on any atom is -0.497 e. The molecule has 0 bridgehead atoms. The van der Waals surface area contributed by atoms with Crippen LogP contribution in [0.15, 0.2) is 24.4 Å². The molecule has 0 fully saturated rings. The Morgan fingerprint density at radius 3 is 2.86 bits per heavy atom. The first-order valence-corrected chi connectivity index (χ1v) is 8.11. The minimum absolute atomic E-state index is 0.357. The third-order valence-electron chi connectivity index (χ3n) is 3.91. The fourth-order valence-corrected chi connectivity index (χ4v) is 2.76. The largest absolute Gasteiger partial charge is 0.497 e. The van der Waals surface area contributed by atoms with Gasteiger partial charge >= 0.3 is 0 Å². The van der Waals surface area contributed by atoms with Gasteiger partial charge in [0.2, 0.25) is 0 Å². The molecular formula is C18H27N3O. The maximum atomic E-state index is 5.60. The van der Waals surface area contributed by atoms with Crippen molar-refractivity contribution in [1.29, 1.82) is 0 Å². The highest BCUT2D eigenvalue weighted by molar-refractivity contribution is 5.94. The number of pyridine rings is 1. The van der Waals surface area contributed by atoms with E-state index in [1.54, 1.807) is 7.11 Å². The second-order valence-corrected chi connectivity index (χ2v) is 5.77. The first-order valence-electron chi connectivity index (χ1n) is 8.11. The summed E-state index contributed by atoms with van der Waals surface area (Å²) in [4.78, 5) is 4.59. The van der Waals surface area contributed by atoms with Crippen molar-refractivity contribution in [3.05, 3.63) is 30.0 Å². The molecule has 4 nitrogen and oxygen atoms in total. The number of aryl methyl sites for hydroxylation is 1. The predicted octanol–water partition coefficient (Wildman–Crippen LogP) is 3.74. The van der Waals surface area contributed by atoms with Crippen LogP contribution in [-0.4, -0.2) is 24.7 Å². The molecule has 2 rings (SSSR count). The summed E-state index contributed by atoms with van der Waals surface area (Å²) in [7, 11) is 1.71. The zero-order valence-electron chi connectivity index (χ0n) is 13.9. The Bertz CT molecular complexity index is 613. The van der Waals surface area contributed by atoms with Crippen molar-refractivity contribution >= 4 is 16.6 Å². The fourth-order valence-electron chi connectivity index (χ4n) is 2.76. The van der Waals surface area contributed by atoms with Crippen LogP contribution in [0.2, 0.25) is 0 Å². The van der Waals surface area contributed by atoms with E-state index in [-0.39, 0.29) is 0 Å². The highest BCUT2D eigenvalue weighted by Crippen LogP contribution is 2.31. The van der Waals surface area contributed by atoms with Crippen LogP contribution in [0.4, 0.5) is 5.69 Å². The topological polar surface area (TPSA) is 60.2 Å². The van der Waals surface area contributed by atoms with Gasteiger partial charge in [-0.1, -0.05) is 13.3 Å². The van der Waals surface area contributed by atoms with Crippen molar-refractivity contribution in [2.24, 2.45) is 5.73 Å². The molecule has 0 saturated carbocycles. The van der Waals surface area contributed by atoms with Crippen molar-refractivity contribution in [3.8, 4) is 5.75 Å². The molecule has 3 N–H and O–H groups in total. The molecule has 1 atom stereocenters. The average Bonchev–Trinajstić information content (AvgIpc) is 2.53. The maximum absolute atomic E-state index is 5.60. The summed E-state index contributed by atoms with van der Waals surface area (Å²) in [6, 6.07) is 6.58. The van der Waals surface area contributed by atoms with Gasteiger partial charge in [0.05, 0.1) is 18.3 Å². The summed E-state index contributed by atoms with van der Waals surface area (Å²) >= 11 is 0. The Balaban J connectivity index is 2.41. The molecule has 22 heavy (non-hydrogen) atoms. The van der Waals surface area contributed by atoms with Crippen LogP contribution in [0.1, 0.15) is 38.7 Å². The smallest absolute Gasteiger partial charge is 0.121 e. The average molecular weight is 301 g/mol. The third kappa shape index (κ3) is 3.89. The number of ether oxygens (including phenoxy) is 1. The number of anilines is 1. The first kappa shape index (κ1) is 16.6. The lowest BCUT2D eigenvalue weighted by atomic mass is 10.0. The number of nitrogens with one attached hydrogen (secondary N) is 1. The van der Waals surface area contributed by atoms with Gasteiger partial charge in [-0.05, 0) is 50.4 Å². The quantitative estimate of drug-likeness (QED) is 0.780. The monoisotopic (exact) mass is 301 g/mol. The second-order valence-electron chi connectivity index (χ2n) is 5.77. The normalized spacial score (nSPS) is 12.4. The van der Waals surface area contributed by atoms with E-state index in [0.29, 0.717) is 6.04 Å². The van der Waals surface area contributed by atoms with Crippen LogP contribution < -0.4 is 15.8 Å². The molecule has 0 amide bonds. The van der Waals surface area contributed by atoms with Gasteiger partial charge in [-0.2, -0.15) is 0 Å². The van der Waals surface area contributed by atoms with Crippen molar-refractivity contribution in [1.82, 2.24) is 4.98 Å². The summed E-state index contributed by atoms with van der Waals surface area (Å²) in [5, 5.41) is 4.74. The van der Waals surface area contributed by atoms with E-state index in [0.717, 1.165) is 49.2 Å². The molecule has 2 aromatic rings. The molecule has 1 aromatic heterocycles. The van der Waals surface area contributed by atoms with E-state index in [4.69, 9.17) is 10.5 Å². The molecule has 1 aromatic carbocycles.